The fourth-order valence-electron chi connectivity index (χ4n) is 1.36. The average Bonchev–Trinajstić information content (AvgIpc) is 2.92. The summed E-state index contributed by atoms with van der Waals surface area (Å²) in [4.78, 5) is 37.2. The fourth-order valence-corrected chi connectivity index (χ4v) is 2.13. The number of carboxylic acid groups (broad SMARTS) is 1. The highest BCUT2D eigenvalue weighted by Crippen LogP contribution is 2.09. The van der Waals surface area contributed by atoms with Gasteiger partial charge in [0.1, 0.15) is 0 Å². The lowest BCUT2D eigenvalue weighted by Crippen LogP contribution is -2.42. The number of thiazole rings is 1. The number of aromatic nitrogens is 1. The summed E-state index contributed by atoms with van der Waals surface area (Å²) in [5.74, 6) is -1.31. The summed E-state index contributed by atoms with van der Waals surface area (Å²) >= 11 is 1.23. The Balaban J connectivity index is 2.18. The maximum absolute atomic E-state index is 11.4. The van der Waals surface area contributed by atoms with Crippen LogP contribution in [0.2, 0.25) is 0 Å². The van der Waals surface area contributed by atoms with Crippen LogP contribution in [0, 0.1) is 0 Å². The third-order valence-electron chi connectivity index (χ3n) is 2.38. The molecule has 116 valence electrons. The summed E-state index contributed by atoms with van der Waals surface area (Å²) < 4.78 is 0. The van der Waals surface area contributed by atoms with Gasteiger partial charge in [0.05, 0.1) is 11.6 Å². The maximum atomic E-state index is 11.4. The first kappa shape index (κ1) is 16.9. The van der Waals surface area contributed by atoms with Crippen LogP contribution in [0.25, 0.3) is 0 Å². The average molecular weight is 314 g/mol. The van der Waals surface area contributed by atoms with Gasteiger partial charge in [-0.1, -0.05) is 6.92 Å². The Morgan fingerprint density at radius 1 is 1.24 bits per heavy atom. The molecule has 3 amide bonds. The molecule has 0 atom stereocenters. The van der Waals surface area contributed by atoms with E-state index in [4.69, 9.17) is 5.11 Å². The van der Waals surface area contributed by atoms with Crippen LogP contribution in [0.1, 0.15) is 28.8 Å². The Bertz CT molecular complexity index is 503. The highest BCUT2D eigenvalue weighted by molar-refractivity contribution is 7.09. The van der Waals surface area contributed by atoms with Crippen LogP contribution in [-0.4, -0.2) is 47.6 Å². The topological polar surface area (TPSA) is 120 Å². The molecule has 1 heterocycles. The van der Waals surface area contributed by atoms with Gasteiger partial charge >= 0.3 is 12.0 Å². The summed E-state index contributed by atoms with van der Waals surface area (Å²) in [6, 6.07) is -0.448. The number of carboxylic acids is 1. The lowest BCUT2D eigenvalue weighted by Gasteiger charge is -2.07. The van der Waals surface area contributed by atoms with Gasteiger partial charge in [-0.3, -0.25) is 4.79 Å². The van der Waals surface area contributed by atoms with Gasteiger partial charge in [0, 0.05) is 24.9 Å². The van der Waals surface area contributed by atoms with Crippen molar-refractivity contribution in [3.63, 3.8) is 0 Å². The molecule has 0 bridgehead atoms. The smallest absolute Gasteiger partial charge is 0.355 e. The molecule has 0 aromatic carbocycles. The largest absolute Gasteiger partial charge is 0.476 e. The number of hydrogen-bond donors (Lipinski definition) is 4. The van der Waals surface area contributed by atoms with Gasteiger partial charge in [0.25, 0.3) is 0 Å². The summed E-state index contributed by atoms with van der Waals surface area (Å²) in [6.07, 6.45) is 1.28. The quantitative estimate of drug-likeness (QED) is 0.546. The number of aromatic carboxylic acids is 1. The molecule has 4 N–H and O–H groups in total. The molecule has 1 aromatic rings. The molecule has 8 nitrogen and oxygen atoms in total. The van der Waals surface area contributed by atoms with Crippen molar-refractivity contribution in [2.45, 2.75) is 19.8 Å². The van der Waals surface area contributed by atoms with E-state index in [2.05, 4.69) is 20.9 Å². The standard InChI is InChI=1S/C12H18N4O4S/c1-2-4-13-9(17)6-15-12(20)14-5-3-10-16-8(7-21-10)11(18)19/h7H,2-6H2,1H3,(H,13,17)(H,18,19)(H2,14,15,20). The van der Waals surface area contributed by atoms with Crippen molar-refractivity contribution in [3.8, 4) is 0 Å². The van der Waals surface area contributed by atoms with Gasteiger partial charge in [-0.15, -0.1) is 11.3 Å². The third-order valence-corrected chi connectivity index (χ3v) is 3.29. The lowest BCUT2D eigenvalue weighted by molar-refractivity contribution is -0.120. The molecule has 0 fully saturated rings. The normalized spacial score (nSPS) is 9.95. The minimum atomic E-state index is -1.07. The minimum absolute atomic E-state index is 0.00652. The molecule has 0 saturated heterocycles. The maximum Gasteiger partial charge on any atom is 0.355 e. The van der Waals surface area contributed by atoms with E-state index in [0.29, 0.717) is 24.5 Å². The zero-order valence-electron chi connectivity index (χ0n) is 11.6. The predicted molar refractivity (Wildman–Crippen MR) is 77.5 cm³/mol. The van der Waals surface area contributed by atoms with Crippen molar-refractivity contribution in [1.29, 1.82) is 0 Å². The molecule has 1 rings (SSSR count). The van der Waals surface area contributed by atoms with Crippen molar-refractivity contribution >= 4 is 29.2 Å². The Morgan fingerprint density at radius 2 is 2.00 bits per heavy atom. The van der Waals surface area contributed by atoms with Crippen molar-refractivity contribution in [2.24, 2.45) is 0 Å². The van der Waals surface area contributed by atoms with E-state index in [0.717, 1.165) is 6.42 Å². The van der Waals surface area contributed by atoms with Crippen LogP contribution in [0.5, 0.6) is 0 Å². The molecule has 0 unspecified atom stereocenters. The minimum Gasteiger partial charge on any atom is -0.476 e. The van der Waals surface area contributed by atoms with Crippen molar-refractivity contribution in [2.75, 3.05) is 19.6 Å². The highest BCUT2D eigenvalue weighted by Gasteiger charge is 2.09. The highest BCUT2D eigenvalue weighted by atomic mass is 32.1. The molecule has 1 aromatic heterocycles. The first-order chi connectivity index (χ1) is 10.0. The second-order valence-electron chi connectivity index (χ2n) is 4.14. The van der Waals surface area contributed by atoms with Gasteiger partial charge in [-0.25, -0.2) is 14.6 Å². The predicted octanol–water partition coefficient (Wildman–Crippen LogP) is 0.209. The molecular formula is C12H18N4O4S. The van der Waals surface area contributed by atoms with Gasteiger partial charge < -0.3 is 21.1 Å². The molecule has 0 aliphatic carbocycles. The number of amides is 3. The number of hydrogen-bond acceptors (Lipinski definition) is 5. The molecule has 0 aliphatic rings. The van der Waals surface area contributed by atoms with Crippen LogP contribution < -0.4 is 16.0 Å². The second kappa shape index (κ2) is 8.90. The third kappa shape index (κ3) is 6.70. The summed E-state index contributed by atoms with van der Waals surface area (Å²) in [5.41, 5.74) is 0.00652. The monoisotopic (exact) mass is 314 g/mol. The zero-order valence-corrected chi connectivity index (χ0v) is 12.5. The number of rotatable bonds is 8. The summed E-state index contributed by atoms with van der Waals surface area (Å²) in [5, 5.41) is 18.4. The molecule has 0 spiro atoms. The van der Waals surface area contributed by atoms with E-state index >= 15 is 0 Å². The number of carbonyl (C=O) groups excluding carboxylic acids is 2. The van der Waals surface area contributed by atoms with Crippen molar-refractivity contribution < 1.29 is 19.5 Å². The summed E-state index contributed by atoms with van der Waals surface area (Å²) in [7, 11) is 0. The first-order valence-electron chi connectivity index (χ1n) is 6.49. The molecule has 9 heteroatoms. The molecule has 0 radical (unpaired) electrons. The van der Waals surface area contributed by atoms with E-state index in [9.17, 15) is 14.4 Å². The number of nitrogens with one attached hydrogen (secondary N) is 3. The van der Waals surface area contributed by atoms with Gasteiger partial charge in [-0.05, 0) is 6.42 Å². The molecule has 0 aliphatic heterocycles. The lowest BCUT2D eigenvalue weighted by atomic mass is 10.4. The van der Waals surface area contributed by atoms with Crippen molar-refractivity contribution in [3.05, 3.63) is 16.1 Å². The number of carbonyl (C=O) groups is 3. The SMILES string of the molecule is CCCNC(=O)CNC(=O)NCCc1nc(C(=O)O)cs1. The van der Waals surface area contributed by atoms with Crippen molar-refractivity contribution in [1.82, 2.24) is 20.9 Å². The molecule has 21 heavy (non-hydrogen) atoms. The zero-order chi connectivity index (χ0) is 15.7. The number of urea groups is 1. The summed E-state index contributed by atoms with van der Waals surface area (Å²) in [6.45, 7) is 2.76. The number of nitrogens with zero attached hydrogens (tertiary/aromatic N) is 1. The van der Waals surface area contributed by atoms with Gasteiger partial charge in [0.15, 0.2) is 5.69 Å². The first-order valence-corrected chi connectivity index (χ1v) is 7.37. The van der Waals surface area contributed by atoms with Crippen LogP contribution in [0.3, 0.4) is 0 Å². The van der Waals surface area contributed by atoms with E-state index in [1.807, 2.05) is 6.92 Å². The second-order valence-corrected chi connectivity index (χ2v) is 5.08. The Kier molecular flexibility index (Phi) is 7.16. The van der Waals surface area contributed by atoms with Gasteiger partial charge in [-0.2, -0.15) is 0 Å². The Morgan fingerprint density at radius 3 is 2.62 bits per heavy atom. The molecule has 0 saturated carbocycles. The van der Waals surface area contributed by atoms with Crippen LogP contribution in [-0.2, 0) is 11.2 Å². The van der Waals surface area contributed by atoms with Crippen LogP contribution >= 0.6 is 11.3 Å². The van der Waals surface area contributed by atoms with Crippen LogP contribution in [0.15, 0.2) is 5.38 Å². The Labute approximate surface area is 126 Å². The van der Waals surface area contributed by atoms with E-state index in [1.54, 1.807) is 0 Å². The van der Waals surface area contributed by atoms with E-state index in [1.165, 1.54) is 16.7 Å². The molecular weight excluding hydrogens is 296 g/mol. The Hall–Kier alpha value is -2.16. The van der Waals surface area contributed by atoms with E-state index in [-0.39, 0.29) is 18.1 Å². The van der Waals surface area contributed by atoms with Gasteiger partial charge in [0.2, 0.25) is 5.91 Å². The van der Waals surface area contributed by atoms with E-state index < -0.39 is 12.0 Å². The van der Waals surface area contributed by atoms with Crippen LogP contribution in [0.4, 0.5) is 4.79 Å². The fraction of sp³-hybridized carbons (Fsp3) is 0.500.